The minimum Gasteiger partial charge on any atom is -0.497 e. The van der Waals surface area contributed by atoms with Gasteiger partial charge in [0.2, 0.25) is 0 Å². The summed E-state index contributed by atoms with van der Waals surface area (Å²) in [4.78, 5) is 22.6. The van der Waals surface area contributed by atoms with Gasteiger partial charge in [-0.3, -0.25) is 14.7 Å². The van der Waals surface area contributed by atoms with Crippen LogP contribution < -0.4 is 4.74 Å². The molecule has 0 N–H and O–H groups in total. The number of fused-ring (bicyclic) bond motifs is 1. The van der Waals surface area contributed by atoms with Gasteiger partial charge in [0.1, 0.15) is 23.0 Å². The smallest absolute Gasteiger partial charge is 0.410 e. The van der Waals surface area contributed by atoms with E-state index in [1.54, 1.807) is 7.11 Å². The second-order valence-corrected chi connectivity index (χ2v) is 14.9. The van der Waals surface area contributed by atoms with Crippen LogP contribution in [0, 0.1) is 5.92 Å². The van der Waals surface area contributed by atoms with Crippen molar-refractivity contribution in [3.05, 3.63) is 54.1 Å². The number of carbonyl (C=O) groups excluding carboxylic acids is 1. The number of rotatable bonds is 7. The maximum absolute atomic E-state index is 12.7. The zero-order chi connectivity index (χ0) is 32.5. The number of methoxy groups -OCH3 is 1. The summed E-state index contributed by atoms with van der Waals surface area (Å²) < 4.78 is 13.2. The Balaban J connectivity index is 1.13. The van der Waals surface area contributed by atoms with Gasteiger partial charge >= 0.3 is 6.09 Å². The van der Waals surface area contributed by atoms with E-state index in [1.165, 1.54) is 5.56 Å². The largest absolute Gasteiger partial charge is 0.497 e. The van der Waals surface area contributed by atoms with E-state index >= 15 is 0 Å². The van der Waals surface area contributed by atoms with E-state index in [0.29, 0.717) is 12.0 Å². The summed E-state index contributed by atoms with van der Waals surface area (Å²) >= 11 is 0. The molecule has 3 fully saturated rings. The molecule has 4 heterocycles. The van der Waals surface area contributed by atoms with E-state index in [4.69, 9.17) is 14.7 Å². The number of hydrogen-bond donors (Lipinski definition) is 0. The van der Waals surface area contributed by atoms with Gasteiger partial charge in [0.25, 0.3) is 0 Å². The van der Waals surface area contributed by atoms with Crippen molar-refractivity contribution in [2.45, 2.75) is 90.2 Å². The number of hydrogen-bond acceptors (Lipinski definition) is 8. The highest BCUT2D eigenvalue weighted by molar-refractivity contribution is 5.74. The zero-order valence-electron chi connectivity index (χ0n) is 28.7. The highest BCUT2D eigenvalue weighted by Crippen LogP contribution is 2.38. The number of carbonyl (C=O) groups is 1. The fourth-order valence-corrected chi connectivity index (χ4v) is 7.76. The Labute approximate surface area is 274 Å². The van der Waals surface area contributed by atoms with E-state index < -0.39 is 5.60 Å². The third-order valence-electron chi connectivity index (χ3n) is 10.5. The first-order chi connectivity index (χ1) is 22.0. The van der Waals surface area contributed by atoms with Crippen molar-refractivity contribution < 1.29 is 14.3 Å². The topological polar surface area (TPSA) is 79.2 Å². The molecule has 46 heavy (non-hydrogen) atoms. The number of aromatic nitrogens is 3. The fraction of sp³-hybridized carbons (Fsp3) is 0.639. The first kappa shape index (κ1) is 32.7. The molecule has 2 aromatic carbocycles. The van der Waals surface area contributed by atoms with Crippen LogP contribution in [0.4, 0.5) is 4.79 Å². The van der Waals surface area contributed by atoms with Crippen LogP contribution in [0.1, 0.15) is 72.0 Å². The second kappa shape index (κ2) is 13.5. The Bertz CT molecular complexity index is 1450. The number of para-hydroxylation sites is 1. The van der Waals surface area contributed by atoms with Crippen molar-refractivity contribution in [3.63, 3.8) is 0 Å². The summed E-state index contributed by atoms with van der Waals surface area (Å²) in [5, 5.41) is 9.39. The lowest BCUT2D eigenvalue weighted by Crippen LogP contribution is -2.63. The van der Waals surface area contributed by atoms with Crippen LogP contribution in [0.15, 0.2) is 48.5 Å². The predicted octanol–water partition coefficient (Wildman–Crippen LogP) is 5.65. The zero-order valence-corrected chi connectivity index (χ0v) is 28.7. The Hall–Kier alpha value is -3.21. The number of piperidine rings is 2. The molecular formula is C36H53N7O3. The molecule has 10 nitrogen and oxygen atoms in total. The molecule has 0 spiro atoms. The van der Waals surface area contributed by atoms with E-state index in [-0.39, 0.29) is 17.8 Å². The fourth-order valence-electron chi connectivity index (χ4n) is 7.76. The highest BCUT2D eigenvalue weighted by atomic mass is 16.6. The van der Waals surface area contributed by atoms with Crippen LogP contribution in [0.25, 0.3) is 11.0 Å². The lowest BCUT2D eigenvalue weighted by Gasteiger charge is -2.53. The van der Waals surface area contributed by atoms with Crippen LogP contribution >= 0.6 is 0 Å². The van der Waals surface area contributed by atoms with Crippen molar-refractivity contribution in [2.24, 2.45) is 5.92 Å². The summed E-state index contributed by atoms with van der Waals surface area (Å²) in [6.45, 7) is 18.1. The molecule has 1 aromatic heterocycles. The quantitative estimate of drug-likeness (QED) is 0.331. The van der Waals surface area contributed by atoms with Crippen LogP contribution in [0.5, 0.6) is 5.75 Å². The summed E-state index contributed by atoms with van der Waals surface area (Å²) in [7, 11) is 1.72. The molecule has 250 valence electrons. The molecule has 10 heteroatoms. The maximum Gasteiger partial charge on any atom is 0.410 e. The average molecular weight is 632 g/mol. The van der Waals surface area contributed by atoms with Crippen molar-refractivity contribution in [2.75, 3.05) is 52.9 Å². The number of amides is 1. The van der Waals surface area contributed by atoms with Crippen molar-refractivity contribution in [1.82, 2.24) is 34.6 Å². The van der Waals surface area contributed by atoms with Crippen LogP contribution in [-0.4, -0.2) is 111 Å². The molecule has 0 aliphatic carbocycles. The molecule has 2 atom stereocenters. The molecule has 1 amide bonds. The standard InChI is InChI=1S/C36H53N7O3/c1-27-25-41(36(5)17-21-40(22-18-36)34(44)46-35(2,3)4)23-24-42(27)33(43-32-10-8-7-9-31(32)37-38-43)29-15-19-39(20-16-29)26-28-11-13-30(45-6)14-12-28/h7-14,27,29,33H,15-26H2,1-6H3/t27-,33?/m0/s1. The first-order valence-corrected chi connectivity index (χ1v) is 17.2. The summed E-state index contributed by atoms with van der Waals surface area (Å²) in [6, 6.07) is 17.2. The van der Waals surface area contributed by atoms with Crippen molar-refractivity contribution in [1.29, 1.82) is 0 Å². The van der Waals surface area contributed by atoms with Crippen molar-refractivity contribution in [3.8, 4) is 5.75 Å². The minimum atomic E-state index is -0.470. The Morgan fingerprint density at radius 2 is 1.67 bits per heavy atom. The van der Waals surface area contributed by atoms with Gasteiger partial charge in [0, 0.05) is 50.8 Å². The number of ether oxygens (including phenoxy) is 2. The highest BCUT2D eigenvalue weighted by Gasteiger charge is 2.43. The molecule has 1 unspecified atom stereocenters. The summed E-state index contributed by atoms with van der Waals surface area (Å²) in [5.41, 5.74) is 3.00. The lowest BCUT2D eigenvalue weighted by molar-refractivity contribution is -0.0661. The minimum absolute atomic E-state index is 0.0705. The molecule has 3 aliphatic rings. The Kier molecular flexibility index (Phi) is 9.60. The average Bonchev–Trinajstić information content (AvgIpc) is 3.46. The Morgan fingerprint density at radius 1 is 0.978 bits per heavy atom. The summed E-state index contributed by atoms with van der Waals surface area (Å²) in [6.07, 6.45) is 4.14. The van der Waals surface area contributed by atoms with Crippen molar-refractivity contribution >= 4 is 17.1 Å². The van der Waals surface area contributed by atoms with Gasteiger partial charge in [-0.05, 0) is 109 Å². The number of likely N-dealkylation sites (tertiary alicyclic amines) is 2. The number of benzene rings is 2. The van der Waals surface area contributed by atoms with Crippen LogP contribution in [0.3, 0.4) is 0 Å². The van der Waals surface area contributed by atoms with E-state index in [1.807, 2.05) is 31.7 Å². The lowest BCUT2D eigenvalue weighted by atomic mass is 9.86. The first-order valence-electron chi connectivity index (χ1n) is 17.2. The number of piperazine rings is 1. The van der Waals surface area contributed by atoms with Crippen LogP contribution in [-0.2, 0) is 11.3 Å². The van der Waals surface area contributed by atoms with E-state index in [0.717, 1.165) is 94.8 Å². The third-order valence-corrected chi connectivity index (χ3v) is 10.5. The predicted molar refractivity (Wildman–Crippen MR) is 181 cm³/mol. The SMILES string of the molecule is COc1ccc(CN2CCC(C(N3CCN(C4(C)CCN(C(=O)OC(C)(C)C)CC4)C[C@@H]3C)n3nnc4ccccc43)CC2)cc1. The normalized spacial score (nSPS) is 23.0. The van der Waals surface area contributed by atoms with Gasteiger partial charge in [0.05, 0.1) is 12.6 Å². The van der Waals surface area contributed by atoms with E-state index in [9.17, 15) is 4.79 Å². The molecule has 3 saturated heterocycles. The molecule has 3 aliphatic heterocycles. The van der Waals surface area contributed by atoms with Gasteiger partial charge in [-0.2, -0.15) is 0 Å². The van der Waals surface area contributed by atoms with Gasteiger partial charge in [-0.25, -0.2) is 9.48 Å². The second-order valence-electron chi connectivity index (χ2n) is 14.9. The molecule has 3 aromatic rings. The van der Waals surface area contributed by atoms with Gasteiger partial charge in [0.15, 0.2) is 0 Å². The molecular weight excluding hydrogens is 578 g/mol. The monoisotopic (exact) mass is 631 g/mol. The van der Waals surface area contributed by atoms with Gasteiger partial charge < -0.3 is 14.4 Å². The molecule has 0 bridgehead atoms. The van der Waals surface area contributed by atoms with Crippen LogP contribution in [0.2, 0.25) is 0 Å². The Morgan fingerprint density at radius 3 is 2.33 bits per heavy atom. The molecule has 0 radical (unpaired) electrons. The molecule has 0 saturated carbocycles. The third kappa shape index (κ3) is 7.19. The van der Waals surface area contributed by atoms with Gasteiger partial charge in [-0.1, -0.05) is 29.5 Å². The van der Waals surface area contributed by atoms with Gasteiger partial charge in [-0.15, -0.1) is 5.10 Å². The van der Waals surface area contributed by atoms with E-state index in [2.05, 4.69) is 80.8 Å². The molecule has 6 rings (SSSR count). The number of nitrogens with zero attached hydrogens (tertiary/aromatic N) is 7. The maximum atomic E-state index is 12.7. The summed E-state index contributed by atoms with van der Waals surface area (Å²) in [5.74, 6) is 1.39.